The Labute approximate surface area is 259 Å². The molecule has 2 aromatic rings. The van der Waals surface area contributed by atoms with E-state index >= 15 is 0 Å². The molecule has 1 atom stereocenters. The van der Waals surface area contributed by atoms with E-state index in [0.717, 1.165) is 51.4 Å². The number of benzene rings is 1. The summed E-state index contributed by atoms with van der Waals surface area (Å²) in [5.41, 5.74) is 0.604. The number of hydrogen-bond acceptors (Lipinski definition) is 6. The largest absolute Gasteiger partial charge is 0.328 e. The molecular weight excluding hydrogens is 612 g/mol. The van der Waals surface area contributed by atoms with Gasteiger partial charge in [-0.25, -0.2) is 39.0 Å². The summed E-state index contributed by atoms with van der Waals surface area (Å²) in [7, 11) is -6.45. The molecule has 44 heavy (non-hydrogen) atoms. The zero-order valence-electron chi connectivity index (χ0n) is 25.7. The number of sulfonamides is 2. The van der Waals surface area contributed by atoms with Gasteiger partial charge >= 0.3 is 5.69 Å². The minimum Gasteiger partial charge on any atom is -0.303 e. The lowest BCUT2D eigenvalue weighted by atomic mass is 9.78. The highest BCUT2D eigenvalue weighted by Crippen LogP contribution is 2.37. The molecule has 3 aliphatic rings. The number of likely N-dealkylation sites (tertiary alicyclic amines) is 1. The number of hydrogen-bond donors (Lipinski definition) is 0. The molecule has 0 saturated carbocycles. The molecule has 5 rings (SSSR count). The molecule has 4 heterocycles. The average molecular weight is 658 g/mol. The zero-order chi connectivity index (χ0) is 31.6. The molecule has 0 radical (unpaired) electrons. The molecule has 14 heteroatoms. The van der Waals surface area contributed by atoms with Gasteiger partial charge in [0.2, 0.25) is 20.0 Å². The lowest BCUT2D eigenvalue weighted by Gasteiger charge is -2.37. The van der Waals surface area contributed by atoms with E-state index in [2.05, 4.69) is 4.90 Å². The Morgan fingerprint density at radius 1 is 0.773 bits per heavy atom. The van der Waals surface area contributed by atoms with Crippen molar-refractivity contribution in [3.05, 3.63) is 58.3 Å². The molecule has 0 bridgehead atoms. The standard InChI is InChI=1S/C30H45F2N5O5S2/c1-43(39,40)35-13-3-23(4-14-35)22-34-17-18-37(30(34)38)28-7-10-33(11-8-28)12-9-29(25-19-26(31)21-27(32)20-25)24-5-15-36(16-6-24)44(2,41)42/h17-21,23-24,28-29H,3-16,22H2,1-2H3/t29-/m1/s1. The van der Waals surface area contributed by atoms with Crippen LogP contribution in [0.3, 0.4) is 0 Å². The predicted octanol–water partition coefficient (Wildman–Crippen LogP) is 3.08. The fourth-order valence-electron chi connectivity index (χ4n) is 7.36. The summed E-state index contributed by atoms with van der Waals surface area (Å²) in [5, 5.41) is 0. The van der Waals surface area contributed by atoms with Crippen molar-refractivity contribution in [3.8, 4) is 0 Å². The molecule has 1 aromatic carbocycles. The van der Waals surface area contributed by atoms with Gasteiger partial charge < -0.3 is 4.90 Å². The fourth-order valence-corrected chi connectivity index (χ4v) is 9.11. The SMILES string of the molecule is CS(=O)(=O)N1CCC(Cn2ccn(C3CCN(CC[C@@H](c4cc(F)cc(F)c4)C4CCN(S(C)(=O)=O)CC4)CC3)c2=O)CC1. The van der Waals surface area contributed by atoms with Crippen LogP contribution in [0.1, 0.15) is 62.5 Å². The summed E-state index contributed by atoms with van der Waals surface area (Å²) in [4.78, 5) is 15.6. The first-order chi connectivity index (χ1) is 20.8. The van der Waals surface area contributed by atoms with Crippen molar-refractivity contribution in [2.24, 2.45) is 11.8 Å². The second-order valence-corrected chi connectivity index (χ2v) is 16.9. The van der Waals surface area contributed by atoms with Crippen LogP contribution in [0.15, 0.2) is 35.4 Å². The van der Waals surface area contributed by atoms with Crippen molar-refractivity contribution in [1.29, 1.82) is 0 Å². The fraction of sp³-hybridized carbons (Fsp3) is 0.700. The molecule has 0 N–H and O–H groups in total. The van der Waals surface area contributed by atoms with Gasteiger partial charge in [-0.2, -0.15) is 0 Å². The van der Waals surface area contributed by atoms with Crippen molar-refractivity contribution >= 4 is 20.0 Å². The molecule has 3 fully saturated rings. The smallest absolute Gasteiger partial charge is 0.303 e. The van der Waals surface area contributed by atoms with Crippen molar-refractivity contribution in [2.75, 3.05) is 58.3 Å². The van der Waals surface area contributed by atoms with E-state index < -0.39 is 31.7 Å². The van der Waals surface area contributed by atoms with Crippen LogP contribution >= 0.6 is 0 Å². The van der Waals surface area contributed by atoms with Crippen LogP contribution in [0.25, 0.3) is 0 Å². The van der Waals surface area contributed by atoms with Crippen LogP contribution in [0.4, 0.5) is 8.78 Å². The van der Waals surface area contributed by atoms with Crippen LogP contribution in [0, 0.1) is 23.5 Å². The summed E-state index contributed by atoms with van der Waals surface area (Å²) >= 11 is 0. The average Bonchev–Trinajstić information content (AvgIpc) is 3.32. The normalized spacial score (nSPS) is 22.0. The molecule has 1 aromatic heterocycles. The van der Waals surface area contributed by atoms with Gasteiger partial charge in [0.05, 0.1) is 12.5 Å². The molecule has 0 amide bonds. The van der Waals surface area contributed by atoms with Gasteiger partial charge in [0.1, 0.15) is 11.6 Å². The third-order valence-electron chi connectivity index (χ3n) is 9.93. The van der Waals surface area contributed by atoms with Gasteiger partial charge in [-0.15, -0.1) is 0 Å². The van der Waals surface area contributed by atoms with E-state index in [0.29, 0.717) is 57.5 Å². The Kier molecular flexibility index (Phi) is 10.3. The Bertz CT molecular complexity index is 1530. The number of piperidine rings is 3. The maximum Gasteiger partial charge on any atom is 0.328 e. The third-order valence-corrected chi connectivity index (χ3v) is 12.5. The maximum atomic E-state index is 14.2. The van der Waals surface area contributed by atoms with Gasteiger partial charge in [-0.3, -0.25) is 9.13 Å². The van der Waals surface area contributed by atoms with Crippen molar-refractivity contribution in [3.63, 3.8) is 0 Å². The predicted molar refractivity (Wildman–Crippen MR) is 165 cm³/mol. The van der Waals surface area contributed by atoms with Crippen LogP contribution in [0.5, 0.6) is 0 Å². The lowest BCUT2D eigenvalue weighted by molar-refractivity contribution is 0.165. The van der Waals surface area contributed by atoms with E-state index in [1.54, 1.807) is 4.57 Å². The van der Waals surface area contributed by atoms with E-state index in [9.17, 15) is 30.4 Å². The quantitative estimate of drug-likeness (QED) is 0.389. The van der Waals surface area contributed by atoms with Crippen molar-refractivity contribution < 1.29 is 25.6 Å². The first-order valence-corrected chi connectivity index (χ1v) is 19.3. The summed E-state index contributed by atoms with van der Waals surface area (Å²) in [6, 6.07) is 3.80. The molecule has 246 valence electrons. The molecule has 0 aliphatic carbocycles. The minimum absolute atomic E-state index is 0.0253. The summed E-state index contributed by atoms with van der Waals surface area (Å²) < 4.78 is 82.6. The molecule has 10 nitrogen and oxygen atoms in total. The van der Waals surface area contributed by atoms with Crippen LogP contribution in [-0.2, 0) is 26.6 Å². The van der Waals surface area contributed by atoms with Gasteiger partial charge in [0.15, 0.2) is 0 Å². The highest BCUT2D eigenvalue weighted by atomic mass is 32.2. The Hall–Kier alpha value is -2.13. The number of halogens is 2. The summed E-state index contributed by atoms with van der Waals surface area (Å²) in [5.74, 6) is -0.891. The molecule has 0 spiro atoms. The number of rotatable bonds is 10. The highest BCUT2D eigenvalue weighted by molar-refractivity contribution is 7.88. The molecule has 3 aliphatic heterocycles. The molecular formula is C30H45F2N5O5S2. The van der Waals surface area contributed by atoms with E-state index in [1.807, 2.05) is 17.0 Å². The van der Waals surface area contributed by atoms with Gasteiger partial charge in [0, 0.05) is 70.3 Å². The van der Waals surface area contributed by atoms with E-state index in [4.69, 9.17) is 0 Å². The first-order valence-electron chi connectivity index (χ1n) is 15.6. The second kappa shape index (κ2) is 13.7. The van der Waals surface area contributed by atoms with Crippen molar-refractivity contribution in [2.45, 2.75) is 63.5 Å². The number of nitrogens with zero attached hydrogens (tertiary/aromatic N) is 5. The summed E-state index contributed by atoms with van der Waals surface area (Å²) in [6.07, 6.45) is 11.3. The first kappa shape index (κ1) is 33.2. The molecule has 0 unspecified atom stereocenters. The Morgan fingerprint density at radius 2 is 1.32 bits per heavy atom. The van der Waals surface area contributed by atoms with E-state index in [1.165, 1.54) is 33.3 Å². The van der Waals surface area contributed by atoms with Crippen molar-refractivity contribution in [1.82, 2.24) is 22.6 Å². The summed E-state index contributed by atoms with van der Waals surface area (Å²) in [6.45, 7) is 4.77. The van der Waals surface area contributed by atoms with Gasteiger partial charge in [0.25, 0.3) is 0 Å². The number of aromatic nitrogens is 2. The van der Waals surface area contributed by atoms with Crippen LogP contribution in [0.2, 0.25) is 0 Å². The molecule has 3 saturated heterocycles. The number of imidazole rings is 1. The topological polar surface area (TPSA) is 105 Å². The monoisotopic (exact) mass is 657 g/mol. The van der Waals surface area contributed by atoms with Crippen LogP contribution < -0.4 is 5.69 Å². The lowest BCUT2D eigenvalue weighted by Crippen LogP contribution is -2.41. The third kappa shape index (κ3) is 8.17. The van der Waals surface area contributed by atoms with Crippen LogP contribution in [-0.4, -0.2) is 97.8 Å². The van der Waals surface area contributed by atoms with E-state index in [-0.39, 0.29) is 29.5 Å². The Morgan fingerprint density at radius 3 is 1.86 bits per heavy atom. The van der Waals surface area contributed by atoms with Gasteiger partial charge in [-0.1, -0.05) is 0 Å². The maximum absolute atomic E-state index is 14.2. The second-order valence-electron chi connectivity index (χ2n) is 12.9. The zero-order valence-corrected chi connectivity index (χ0v) is 27.3. The highest BCUT2D eigenvalue weighted by Gasteiger charge is 2.32. The minimum atomic E-state index is -3.27. The van der Waals surface area contributed by atoms with Gasteiger partial charge in [-0.05, 0) is 86.9 Å². The Balaban J connectivity index is 1.16.